The van der Waals surface area contributed by atoms with Crippen LogP contribution < -0.4 is 20.1 Å². The molecule has 28 heavy (non-hydrogen) atoms. The highest BCUT2D eigenvalue weighted by Gasteiger charge is 2.06. The molecule has 0 radical (unpaired) electrons. The third-order valence-corrected chi connectivity index (χ3v) is 4.03. The zero-order chi connectivity index (χ0) is 20.2. The molecule has 2 aromatic rings. The highest BCUT2D eigenvalue weighted by molar-refractivity contribution is 5.94. The van der Waals surface area contributed by atoms with Gasteiger partial charge in [0.15, 0.2) is 0 Å². The molecule has 6 nitrogen and oxygen atoms in total. The summed E-state index contributed by atoms with van der Waals surface area (Å²) < 4.78 is 10.7. The van der Waals surface area contributed by atoms with Crippen molar-refractivity contribution in [3.05, 3.63) is 59.7 Å². The molecule has 6 heteroatoms. The van der Waals surface area contributed by atoms with Crippen LogP contribution in [0.15, 0.2) is 48.5 Å². The van der Waals surface area contributed by atoms with Crippen LogP contribution in [0.5, 0.6) is 11.5 Å². The Kier molecular flexibility index (Phi) is 8.85. The first-order chi connectivity index (χ1) is 13.6. The fraction of sp³-hybridized carbons (Fsp3) is 0.364. The van der Waals surface area contributed by atoms with Crippen LogP contribution in [-0.2, 0) is 0 Å². The Morgan fingerprint density at radius 1 is 0.679 bits per heavy atom. The molecule has 0 saturated heterocycles. The van der Waals surface area contributed by atoms with E-state index >= 15 is 0 Å². The fourth-order valence-corrected chi connectivity index (χ4v) is 2.60. The van der Waals surface area contributed by atoms with Crippen molar-refractivity contribution < 1.29 is 19.1 Å². The van der Waals surface area contributed by atoms with Crippen LogP contribution in [-0.4, -0.2) is 38.1 Å². The fourth-order valence-electron chi connectivity index (χ4n) is 2.60. The van der Waals surface area contributed by atoms with Gasteiger partial charge in [0.25, 0.3) is 11.8 Å². The average Bonchev–Trinajstić information content (AvgIpc) is 2.72. The Bertz CT molecular complexity index is 677. The minimum atomic E-state index is -0.110. The quantitative estimate of drug-likeness (QED) is 0.582. The summed E-state index contributed by atoms with van der Waals surface area (Å²) in [6.45, 7) is 6.15. The predicted molar refractivity (Wildman–Crippen MR) is 109 cm³/mol. The normalized spacial score (nSPS) is 10.2. The van der Waals surface area contributed by atoms with Crippen molar-refractivity contribution in [2.45, 2.75) is 26.7 Å². The predicted octanol–water partition coefficient (Wildman–Crippen LogP) is 3.42. The lowest BCUT2D eigenvalue weighted by Gasteiger charge is -2.08. The highest BCUT2D eigenvalue weighted by Crippen LogP contribution is 2.13. The summed E-state index contributed by atoms with van der Waals surface area (Å²) in [6, 6.07) is 14.1. The zero-order valence-electron chi connectivity index (χ0n) is 16.5. The van der Waals surface area contributed by atoms with E-state index in [-0.39, 0.29) is 11.8 Å². The molecule has 0 fully saturated rings. The molecule has 0 aliphatic carbocycles. The molecular weight excluding hydrogens is 356 g/mol. The van der Waals surface area contributed by atoms with Crippen LogP contribution in [0.1, 0.15) is 47.4 Å². The van der Waals surface area contributed by atoms with Gasteiger partial charge < -0.3 is 20.1 Å². The SMILES string of the molecule is CCOc1ccc(C(=O)NCCCCNC(=O)c2ccc(OCC)cc2)cc1. The maximum Gasteiger partial charge on any atom is 0.251 e. The number of carbonyl (C=O) groups is 2. The smallest absolute Gasteiger partial charge is 0.251 e. The molecule has 0 spiro atoms. The van der Waals surface area contributed by atoms with Crippen LogP contribution in [0, 0.1) is 0 Å². The van der Waals surface area contributed by atoms with Crippen LogP contribution in [0.25, 0.3) is 0 Å². The van der Waals surface area contributed by atoms with E-state index < -0.39 is 0 Å². The Morgan fingerprint density at radius 2 is 1.04 bits per heavy atom. The van der Waals surface area contributed by atoms with Crippen LogP contribution >= 0.6 is 0 Å². The Hall–Kier alpha value is -3.02. The number of carbonyl (C=O) groups excluding carboxylic acids is 2. The van der Waals surface area contributed by atoms with Crippen LogP contribution in [0.4, 0.5) is 0 Å². The van der Waals surface area contributed by atoms with Gasteiger partial charge in [-0.25, -0.2) is 0 Å². The van der Waals surface area contributed by atoms with Crippen molar-refractivity contribution in [2.24, 2.45) is 0 Å². The van der Waals surface area contributed by atoms with Gasteiger partial charge >= 0.3 is 0 Å². The van der Waals surface area contributed by atoms with E-state index in [4.69, 9.17) is 9.47 Å². The number of hydrogen-bond donors (Lipinski definition) is 2. The molecule has 2 amide bonds. The molecule has 0 atom stereocenters. The molecule has 0 heterocycles. The third kappa shape index (κ3) is 6.95. The van der Waals surface area contributed by atoms with E-state index in [1.807, 2.05) is 13.8 Å². The lowest BCUT2D eigenvalue weighted by molar-refractivity contribution is 0.0939. The van der Waals surface area contributed by atoms with Crippen LogP contribution in [0.2, 0.25) is 0 Å². The summed E-state index contributed by atoms with van der Waals surface area (Å²) in [7, 11) is 0. The summed E-state index contributed by atoms with van der Waals surface area (Å²) in [5, 5.41) is 5.76. The van der Waals surface area contributed by atoms with Crippen molar-refractivity contribution in [3.63, 3.8) is 0 Å². The van der Waals surface area contributed by atoms with E-state index in [0.29, 0.717) is 37.4 Å². The molecule has 0 bridgehead atoms. The number of nitrogens with one attached hydrogen (secondary N) is 2. The molecule has 2 rings (SSSR count). The summed E-state index contributed by atoms with van der Waals surface area (Å²) >= 11 is 0. The Labute approximate surface area is 166 Å². The first-order valence-electron chi connectivity index (χ1n) is 9.66. The van der Waals surface area contributed by atoms with Gasteiger partial charge in [-0.2, -0.15) is 0 Å². The minimum absolute atomic E-state index is 0.110. The summed E-state index contributed by atoms with van der Waals surface area (Å²) in [5.41, 5.74) is 1.21. The van der Waals surface area contributed by atoms with Gasteiger partial charge in [-0.1, -0.05) is 0 Å². The van der Waals surface area contributed by atoms with E-state index in [2.05, 4.69) is 10.6 Å². The van der Waals surface area contributed by atoms with Crippen molar-refractivity contribution in [1.82, 2.24) is 10.6 Å². The van der Waals surface area contributed by atoms with E-state index in [0.717, 1.165) is 24.3 Å². The zero-order valence-corrected chi connectivity index (χ0v) is 16.5. The van der Waals surface area contributed by atoms with Crippen molar-refractivity contribution in [2.75, 3.05) is 26.3 Å². The summed E-state index contributed by atoms with van der Waals surface area (Å²) in [4.78, 5) is 24.2. The van der Waals surface area contributed by atoms with Crippen molar-refractivity contribution >= 4 is 11.8 Å². The van der Waals surface area contributed by atoms with Crippen molar-refractivity contribution in [1.29, 1.82) is 0 Å². The number of ether oxygens (including phenoxy) is 2. The first kappa shape index (κ1) is 21.3. The molecule has 150 valence electrons. The lowest BCUT2D eigenvalue weighted by Crippen LogP contribution is -2.27. The van der Waals surface area contributed by atoms with Gasteiger partial charge in [-0.05, 0) is 75.2 Å². The second-order valence-corrected chi connectivity index (χ2v) is 6.13. The Morgan fingerprint density at radius 3 is 1.36 bits per heavy atom. The topological polar surface area (TPSA) is 76.7 Å². The molecule has 0 aliphatic rings. The van der Waals surface area contributed by atoms with Gasteiger partial charge in [0.2, 0.25) is 0 Å². The standard InChI is InChI=1S/C22H28N2O4/c1-3-27-19-11-7-17(8-12-19)21(25)23-15-5-6-16-24-22(26)18-9-13-20(14-10-18)28-4-2/h7-14H,3-6,15-16H2,1-2H3,(H,23,25)(H,24,26). The van der Waals surface area contributed by atoms with Gasteiger partial charge in [-0.3, -0.25) is 9.59 Å². The molecule has 0 unspecified atom stereocenters. The second kappa shape index (κ2) is 11.6. The molecule has 0 aliphatic heterocycles. The van der Waals surface area contributed by atoms with Crippen molar-refractivity contribution in [3.8, 4) is 11.5 Å². The molecule has 2 aromatic carbocycles. The number of amides is 2. The van der Waals surface area contributed by atoms with E-state index in [1.165, 1.54) is 0 Å². The average molecular weight is 384 g/mol. The number of hydrogen-bond acceptors (Lipinski definition) is 4. The van der Waals surface area contributed by atoms with Gasteiger partial charge in [0.1, 0.15) is 11.5 Å². The highest BCUT2D eigenvalue weighted by atomic mass is 16.5. The number of rotatable bonds is 11. The van der Waals surface area contributed by atoms with E-state index in [9.17, 15) is 9.59 Å². The van der Waals surface area contributed by atoms with Gasteiger partial charge in [-0.15, -0.1) is 0 Å². The van der Waals surface area contributed by atoms with Gasteiger partial charge in [0, 0.05) is 24.2 Å². The summed E-state index contributed by atoms with van der Waals surface area (Å²) in [5.74, 6) is 1.28. The lowest BCUT2D eigenvalue weighted by atomic mass is 10.2. The monoisotopic (exact) mass is 384 g/mol. The molecule has 2 N–H and O–H groups in total. The number of unbranched alkanes of at least 4 members (excludes halogenated alkanes) is 1. The maximum atomic E-state index is 12.1. The third-order valence-electron chi connectivity index (χ3n) is 4.03. The second-order valence-electron chi connectivity index (χ2n) is 6.13. The molecule has 0 saturated carbocycles. The van der Waals surface area contributed by atoms with E-state index in [1.54, 1.807) is 48.5 Å². The number of benzene rings is 2. The first-order valence-corrected chi connectivity index (χ1v) is 9.66. The van der Waals surface area contributed by atoms with Gasteiger partial charge in [0.05, 0.1) is 13.2 Å². The molecule has 0 aromatic heterocycles. The minimum Gasteiger partial charge on any atom is -0.494 e. The van der Waals surface area contributed by atoms with Crippen LogP contribution in [0.3, 0.4) is 0 Å². The maximum absolute atomic E-state index is 12.1. The molecular formula is C22H28N2O4. The largest absolute Gasteiger partial charge is 0.494 e. The Balaban J connectivity index is 1.62. The summed E-state index contributed by atoms with van der Waals surface area (Å²) in [6.07, 6.45) is 1.57.